The van der Waals surface area contributed by atoms with Gasteiger partial charge in [-0.05, 0) is 72.4 Å². The lowest BCUT2D eigenvalue weighted by molar-refractivity contribution is -0.130. The molecule has 0 fully saturated rings. The van der Waals surface area contributed by atoms with Gasteiger partial charge in [0.15, 0.2) is 18.1 Å². The average molecular weight is 552 g/mol. The highest BCUT2D eigenvalue weighted by molar-refractivity contribution is 6.30. The molecule has 0 aliphatic carbocycles. The largest absolute Gasteiger partial charge is 0.493 e. The maximum absolute atomic E-state index is 12.8. The second kappa shape index (κ2) is 14.8. The van der Waals surface area contributed by atoms with Crippen LogP contribution in [0.2, 0.25) is 5.02 Å². The van der Waals surface area contributed by atoms with Crippen LogP contribution in [-0.4, -0.2) is 37.8 Å². The van der Waals surface area contributed by atoms with E-state index in [9.17, 15) is 9.59 Å². The van der Waals surface area contributed by atoms with Gasteiger partial charge in [-0.15, -0.1) is 0 Å². The van der Waals surface area contributed by atoms with Crippen LogP contribution in [0.5, 0.6) is 17.2 Å². The number of rotatable bonds is 13. The highest BCUT2D eigenvalue weighted by Gasteiger charge is 2.22. The van der Waals surface area contributed by atoms with Crippen molar-refractivity contribution in [2.24, 2.45) is 11.0 Å². The number of nitrogens with one attached hydrogen (secondary N) is 2. The summed E-state index contributed by atoms with van der Waals surface area (Å²) < 4.78 is 16.9. The number of halogens is 1. The van der Waals surface area contributed by atoms with Gasteiger partial charge in [0.05, 0.1) is 13.3 Å². The smallest absolute Gasteiger partial charge is 0.262 e. The van der Waals surface area contributed by atoms with Gasteiger partial charge in [0.2, 0.25) is 0 Å². The molecule has 39 heavy (non-hydrogen) atoms. The Labute approximate surface area is 234 Å². The number of ether oxygens (including phenoxy) is 3. The Morgan fingerprint density at radius 2 is 1.72 bits per heavy atom. The van der Waals surface area contributed by atoms with E-state index in [2.05, 4.69) is 15.8 Å². The van der Waals surface area contributed by atoms with E-state index in [0.29, 0.717) is 40.9 Å². The normalized spacial score (nSPS) is 11.7. The third-order valence-corrected chi connectivity index (χ3v) is 5.95. The van der Waals surface area contributed by atoms with Crippen LogP contribution in [0.4, 0.5) is 0 Å². The van der Waals surface area contributed by atoms with Crippen molar-refractivity contribution < 1.29 is 23.8 Å². The van der Waals surface area contributed by atoms with Gasteiger partial charge in [-0.25, -0.2) is 5.43 Å². The van der Waals surface area contributed by atoms with Crippen molar-refractivity contribution in [3.05, 3.63) is 88.4 Å². The van der Waals surface area contributed by atoms with Gasteiger partial charge < -0.3 is 19.5 Å². The van der Waals surface area contributed by atoms with E-state index >= 15 is 0 Å². The molecule has 0 heterocycles. The zero-order valence-electron chi connectivity index (χ0n) is 22.6. The summed E-state index contributed by atoms with van der Waals surface area (Å²) >= 11 is 5.93. The molecular weight excluding hydrogens is 518 g/mol. The Morgan fingerprint density at radius 3 is 2.41 bits per heavy atom. The number of hydrazone groups is 1. The number of methoxy groups -OCH3 is 1. The van der Waals surface area contributed by atoms with Crippen LogP contribution in [0.3, 0.4) is 0 Å². The second-order valence-electron chi connectivity index (χ2n) is 9.36. The number of aryl methyl sites for hydroxylation is 1. The standard InChI is InChI=1S/C30H34ClN3O5/c1-20(2)15-25(33-29(35)19-39-26-8-6-5-7-21(26)3)30(36)34-32-17-23-11-14-27(28(16-23)37-4)38-18-22-9-12-24(31)13-10-22/h5-14,16-17,20,25H,15,18-19H2,1-4H3,(H,33,35)(H,34,36)/b32-17-/t25-/m1/s1. The van der Waals surface area contributed by atoms with Gasteiger partial charge in [0.25, 0.3) is 11.8 Å². The van der Waals surface area contributed by atoms with E-state index in [-0.39, 0.29) is 18.4 Å². The van der Waals surface area contributed by atoms with Crippen LogP contribution in [0, 0.1) is 12.8 Å². The first-order chi connectivity index (χ1) is 18.7. The number of para-hydroxylation sites is 1. The van der Waals surface area contributed by atoms with Crippen LogP contribution in [0.25, 0.3) is 0 Å². The highest BCUT2D eigenvalue weighted by Crippen LogP contribution is 2.28. The van der Waals surface area contributed by atoms with Crippen molar-refractivity contribution in [3.63, 3.8) is 0 Å². The van der Waals surface area contributed by atoms with Gasteiger partial charge in [0.1, 0.15) is 18.4 Å². The third-order valence-electron chi connectivity index (χ3n) is 5.69. The molecule has 3 aromatic carbocycles. The van der Waals surface area contributed by atoms with Crippen molar-refractivity contribution in [1.29, 1.82) is 0 Å². The monoisotopic (exact) mass is 551 g/mol. The minimum atomic E-state index is -0.756. The van der Waals surface area contributed by atoms with Crippen LogP contribution in [-0.2, 0) is 16.2 Å². The van der Waals surface area contributed by atoms with E-state index in [1.54, 1.807) is 31.4 Å². The lowest BCUT2D eigenvalue weighted by atomic mass is 10.0. The van der Waals surface area contributed by atoms with Crippen LogP contribution < -0.4 is 25.0 Å². The summed E-state index contributed by atoms with van der Waals surface area (Å²) in [6, 6.07) is 19.4. The Hall–Kier alpha value is -4.04. The quantitative estimate of drug-likeness (QED) is 0.222. The van der Waals surface area contributed by atoms with Crippen molar-refractivity contribution in [1.82, 2.24) is 10.7 Å². The summed E-state index contributed by atoms with van der Waals surface area (Å²) in [5.41, 5.74) is 5.11. The summed E-state index contributed by atoms with van der Waals surface area (Å²) in [5.74, 6) is 1.09. The molecule has 0 saturated heterocycles. The van der Waals surface area contributed by atoms with Gasteiger partial charge in [-0.3, -0.25) is 9.59 Å². The molecule has 0 bridgehead atoms. The van der Waals surface area contributed by atoms with E-state index in [0.717, 1.165) is 11.1 Å². The number of nitrogens with zero attached hydrogens (tertiary/aromatic N) is 1. The number of benzene rings is 3. The van der Waals surface area contributed by atoms with E-state index < -0.39 is 11.9 Å². The molecule has 0 aliphatic heterocycles. The fourth-order valence-corrected chi connectivity index (χ4v) is 3.80. The molecule has 2 N–H and O–H groups in total. The van der Waals surface area contributed by atoms with Crippen LogP contribution in [0.15, 0.2) is 71.8 Å². The number of hydrogen-bond donors (Lipinski definition) is 2. The van der Waals surface area contributed by atoms with Crippen LogP contribution in [0.1, 0.15) is 37.0 Å². The first-order valence-electron chi connectivity index (χ1n) is 12.6. The highest BCUT2D eigenvalue weighted by atomic mass is 35.5. The lowest BCUT2D eigenvalue weighted by Gasteiger charge is -2.19. The molecule has 0 aliphatic rings. The zero-order chi connectivity index (χ0) is 28.2. The van der Waals surface area contributed by atoms with Gasteiger partial charge >= 0.3 is 0 Å². The van der Waals surface area contributed by atoms with E-state index in [1.807, 2.05) is 63.2 Å². The summed E-state index contributed by atoms with van der Waals surface area (Å²) in [6.45, 7) is 6.01. The van der Waals surface area contributed by atoms with Gasteiger partial charge in [0, 0.05) is 5.02 Å². The number of hydrogen-bond acceptors (Lipinski definition) is 6. The number of amides is 2. The predicted octanol–water partition coefficient (Wildman–Crippen LogP) is 5.30. The fourth-order valence-electron chi connectivity index (χ4n) is 3.67. The van der Waals surface area contributed by atoms with Crippen LogP contribution >= 0.6 is 11.6 Å². The lowest BCUT2D eigenvalue weighted by Crippen LogP contribution is -2.47. The number of carbonyl (C=O) groups is 2. The Kier molecular flexibility index (Phi) is 11.2. The molecule has 0 aromatic heterocycles. The maximum atomic E-state index is 12.8. The molecule has 0 unspecified atom stereocenters. The fraction of sp³-hybridized carbons (Fsp3) is 0.300. The molecule has 0 spiro atoms. The first kappa shape index (κ1) is 29.5. The van der Waals surface area contributed by atoms with Gasteiger partial charge in [-0.1, -0.05) is 55.8 Å². The Morgan fingerprint density at radius 1 is 0.974 bits per heavy atom. The molecule has 0 radical (unpaired) electrons. The number of carbonyl (C=O) groups excluding carboxylic acids is 2. The Bertz CT molecular complexity index is 1280. The molecule has 2 amide bonds. The molecule has 206 valence electrons. The van der Waals surface area contributed by atoms with Gasteiger partial charge in [-0.2, -0.15) is 5.10 Å². The molecule has 9 heteroatoms. The molecular formula is C30H34ClN3O5. The van der Waals surface area contributed by atoms with Crippen molar-refractivity contribution in [2.75, 3.05) is 13.7 Å². The topological polar surface area (TPSA) is 98.2 Å². The molecule has 0 saturated carbocycles. The zero-order valence-corrected chi connectivity index (χ0v) is 23.3. The Balaban J connectivity index is 1.56. The van der Waals surface area contributed by atoms with Crippen molar-refractivity contribution in [3.8, 4) is 17.2 Å². The summed E-state index contributed by atoms with van der Waals surface area (Å²) in [6.07, 6.45) is 1.95. The molecule has 3 rings (SSSR count). The van der Waals surface area contributed by atoms with Crippen molar-refractivity contribution >= 4 is 29.6 Å². The first-order valence-corrected chi connectivity index (χ1v) is 13.0. The summed E-state index contributed by atoms with van der Waals surface area (Å²) in [7, 11) is 1.55. The molecule has 8 nitrogen and oxygen atoms in total. The van der Waals surface area contributed by atoms with E-state index in [1.165, 1.54) is 6.21 Å². The third kappa shape index (κ3) is 9.65. The molecule has 3 aromatic rings. The maximum Gasteiger partial charge on any atom is 0.262 e. The van der Waals surface area contributed by atoms with E-state index in [4.69, 9.17) is 25.8 Å². The van der Waals surface area contributed by atoms with Crippen molar-refractivity contribution in [2.45, 2.75) is 39.8 Å². The minimum absolute atomic E-state index is 0.173. The predicted molar refractivity (Wildman–Crippen MR) is 153 cm³/mol. The molecule has 1 atom stereocenters. The average Bonchev–Trinajstić information content (AvgIpc) is 2.92. The second-order valence-corrected chi connectivity index (χ2v) is 9.80. The summed E-state index contributed by atoms with van der Waals surface area (Å²) in [5, 5.41) is 7.49. The summed E-state index contributed by atoms with van der Waals surface area (Å²) in [4.78, 5) is 25.3. The SMILES string of the molecule is COc1cc(/C=N\NC(=O)[C@@H](CC(C)C)NC(=O)COc2ccccc2C)ccc1OCc1ccc(Cl)cc1. The minimum Gasteiger partial charge on any atom is -0.493 e.